The number of amides is 3. The molecule has 0 radical (unpaired) electrons. The molecule has 6 N–H and O–H groups in total. The van der Waals surface area contributed by atoms with Crippen LogP contribution in [-0.2, 0) is 11.3 Å². The summed E-state index contributed by atoms with van der Waals surface area (Å²) in [5, 5.41) is 3.60. The van der Waals surface area contributed by atoms with E-state index in [1.54, 1.807) is 42.6 Å². The molecule has 0 fully saturated rings. The molecule has 2 aromatic heterocycles. The van der Waals surface area contributed by atoms with Crippen LogP contribution in [-0.4, -0.2) is 34.2 Å². The van der Waals surface area contributed by atoms with E-state index in [4.69, 9.17) is 16.2 Å². The lowest BCUT2D eigenvalue weighted by atomic mass is 10.0. The molecule has 2 heterocycles. The first-order valence-electron chi connectivity index (χ1n) is 12.4. The van der Waals surface area contributed by atoms with Crippen LogP contribution < -0.4 is 26.4 Å². The summed E-state index contributed by atoms with van der Waals surface area (Å²) in [6, 6.07) is 18.5. The predicted molar refractivity (Wildman–Crippen MR) is 154 cm³/mol. The zero-order valence-corrected chi connectivity index (χ0v) is 22.6. The number of carbonyl (C=O) groups is 3. The topological polar surface area (TPSA) is 156 Å². The minimum Gasteiger partial charge on any atom is -0.497 e. The zero-order chi connectivity index (χ0) is 29.1. The Morgan fingerprint density at radius 1 is 1.07 bits per heavy atom. The number of halogens is 1. The van der Waals surface area contributed by atoms with Gasteiger partial charge in [0.05, 0.1) is 12.8 Å². The maximum atomic E-state index is 14.2. The highest BCUT2D eigenvalue weighted by Gasteiger charge is 2.37. The quantitative estimate of drug-likeness (QED) is 0.208. The van der Waals surface area contributed by atoms with Gasteiger partial charge in [0.15, 0.2) is 5.69 Å². The van der Waals surface area contributed by atoms with Crippen molar-refractivity contribution in [2.45, 2.75) is 12.6 Å². The molecule has 0 unspecified atom stereocenters. The summed E-state index contributed by atoms with van der Waals surface area (Å²) in [6.45, 7) is 0.0805. The van der Waals surface area contributed by atoms with Crippen molar-refractivity contribution in [3.63, 3.8) is 0 Å². The van der Waals surface area contributed by atoms with Crippen molar-refractivity contribution in [3.05, 3.63) is 107 Å². The SMILES string of the molecule is COc1ccc(N(C(=O)c2snc(C(N)=O)c2N)[C@@H](C(=O)NCc2ccc(F)cc2)c2c[nH]c3ccccc23)cc1. The predicted octanol–water partition coefficient (Wildman–Crippen LogP) is 4.16. The van der Waals surface area contributed by atoms with Crippen LogP contribution in [0, 0.1) is 5.82 Å². The molecule has 0 saturated heterocycles. The smallest absolute Gasteiger partial charge is 0.273 e. The molecule has 5 aromatic rings. The standard InChI is InChI=1S/C29H25FN6O4S/c1-40-19-12-10-18(11-13-19)36(29(39)26-23(31)24(27(32)37)35-41-26)25(21-15-33-22-5-3-2-4-20(21)22)28(38)34-14-16-6-8-17(30)9-7-16/h2-13,15,25,33H,14,31H2,1H3,(H2,32,37)(H,34,38)/t25-/m1/s1. The number of aromatic amines is 1. The zero-order valence-electron chi connectivity index (χ0n) is 21.8. The van der Waals surface area contributed by atoms with Crippen LogP contribution in [0.25, 0.3) is 10.9 Å². The molecule has 41 heavy (non-hydrogen) atoms. The van der Waals surface area contributed by atoms with Gasteiger partial charge in [-0.15, -0.1) is 0 Å². The Hall–Kier alpha value is -5.23. The van der Waals surface area contributed by atoms with Crippen molar-refractivity contribution in [3.8, 4) is 5.75 Å². The number of hydrogen-bond donors (Lipinski definition) is 4. The summed E-state index contributed by atoms with van der Waals surface area (Å²) < 4.78 is 22.7. The number of ether oxygens (including phenoxy) is 1. The number of anilines is 2. The van der Waals surface area contributed by atoms with Crippen molar-refractivity contribution in [2.75, 3.05) is 17.7 Å². The summed E-state index contributed by atoms with van der Waals surface area (Å²) in [5.74, 6) is -1.91. The molecule has 0 aliphatic rings. The van der Waals surface area contributed by atoms with E-state index >= 15 is 0 Å². The second-order valence-electron chi connectivity index (χ2n) is 9.05. The van der Waals surface area contributed by atoms with E-state index < -0.39 is 29.6 Å². The van der Waals surface area contributed by atoms with E-state index in [1.165, 1.54) is 24.1 Å². The number of rotatable bonds is 9. The Labute approximate surface area is 237 Å². The summed E-state index contributed by atoms with van der Waals surface area (Å²) in [7, 11) is 1.51. The van der Waals surface area contributed by atoms with Crippen LogP contribution in [0.1, 0.15) is 37.3 Å². The van der Waals surface area contributed by atoms with Crippen LogP contribution in [0.15, 0.2) is 79.0 Å². The number of nitrogens with one attached hydrogen (secondary N) is 2. The number of nitrogens with two attached hydrogens (primary N) is 2. The first-order valence-corrected chi connectivity index (χ1v) is 13.2. The van der Waals surface area contributed by atoms with E-state index in [1.807, 2.05) is 24.3 Å². The first-order chi connectivity index (χ1) is 19.8. The molecule has 1 atom stereocenters. The molecule has 0 saturated carbocycles. The molecular weight excluding hydrogens is 547 g/mol. The van der Waals surface area contributed by atoms with Gasteiger partial charge < -0.3 is 26.5 Å². The van der Waals surface area contributed by atoms with Gasteiger partial charge in [0.2, 0.25) is 5.91 Å². The second-order valence-corrected chi connectivity index (χ2v) is 9.82. The lowest BCUT2D eigenvalue weighted by Gasteiger charge is -2.31. The third-order valence-electron chi connectivity index (χ3n) is 6.53. The Morgan fingerprint density at radius 2 is 1.78 bits per heavy atom. The lowest BCUT2D eigenvalue weighted by molar-refractivity contribution is -0.122. The number of nitrogens with zero attached hydrogens (tertiary/aromatic N) is 2. The third kappa shape index (κ3) is 5.45. The Kier molecular flexibility index (Phi) is 7.66. The number of primary amides is 1. The fraction of sp³-hybridized carbons (Fsp3) is 0.103. The first kappa shape index (κ1) is 27.3. The lowest BCUT2D eigenvalue weighted by Crippen LogP contribution is -2.44. The highest BCUT2D eigenvalue weighted by atomic mass is 32.1. The van der Waals surface area contributed by atoms with Gasteiger partial charge in [-0.2, -0.15) is 4.37 Å². The molecule has 12 heteroatoms. The fourth-order valence-corrected chi connectivity index (χ4v) is 5.21. The normalized spacial score (nSPS) is 11.7. The van der Waals surface area contributed by atoms with Crippen LogP contribution in [0.2, 0.25) is 0 Å². The molecule has 10 nitrogen and oxygen atoms in total. The van der Waals surface area contributed by atoms with E-state index in [9.17, 15) is 18.8 Å². The van der Waals surface area contributed by atoms with Crippen molar-refractivity contribution in [1.29, 1.82) is 0 Å². The van der Waals surface area contributed by atoms with Gasteiger partial charge in [0, 0.05) is 34.9 Å². The number of fused-ring (bicyclic) bond motifs is 1. The summed E-state index contributed by atoms with van der Waals surface area (Å²) in [6.07, 6.45) is 1.67. The van der Waals surface area contributed by atoms with Gasteiger partial charge in [-0.05, 0) is 59.6 Å². The molecule has 208 valence electrons. The van der Waals surface area contributed by atoms with Crippen LogP contribution >= 0.6 is 11.5 Å². The molecular formula is C29H25FN6O4S. The summed E-state index contributed by atoms with van der Waals surface area (Å²) in [5.41, 5.74) is 13.4. The monoisotopic (exact) mass is 572 g/mol. The number of methoxy groups -OCH3 is 1. The molecule has 0 aliphatic heterocycles. The maximum absolute atomic E-state index is 14.2. The molecule has 3 aromatic carbocycles. The van der Waals surface area contributed by atoms with Gasteiger partial charge in [-0.3, -0.25) is 19.3 Å². The van der Waals surface area contributed by atoms with Gasteiger partial charge in [0.25, 0.3) is 11.8 Å². The number of carbonyl (C=O) groups excluding carboxylic acids is 3. The largest absolute Gasteiger partial charge is 0.497 e. The van der Waals surface area contributed by atoms with Gasteiger partial charge in [-0.25, -0.2) is 4.39 Å². The average molecular weight is 573 g/mol. The van der Waals surface area contributed by atoms with E-state index in [0.717, 1.165) is 22.4 Å². The summed E-state index contributed by atoms with van der Waals surface area (Å²) in [4.78, 5) is 44.6. The van der Waals surface area contributed by atoms with Crippen molar-refractivity contribution in [1.82, 2.24) is 14.7 Å². The number of H-pyrrole nitrogens is 1. The van der Waals surface area contributed by atoms with E-state index in [0.29, 0.717) is 22.6 Å². The van der Waals surface area contributed by atoms with E-state index in [2.05, 4.69) is 14.7 Å². The third-order valence-corrected chi connectivity index (χ3v) is 7.38. The summed E-state index contributed by atoms with van der Waals surface area (Å²) >= 11 is 0.718. The second kappa shape index (κ2) is 11.5. The fourth-order valence-electron chi connectivity index (χ4n) is 4.47. The molecule has 0 bridgehead atoms. The van der Waals surface area contributed by atoms with Crippen LogP contribution in [0.5, 0.6) is 5.75 Å². The molecule has 3 amide bonds. The molecule has 0 aliphatic carbocycles. The van der Waals surface area contributed by atoms with Crippen LogP contribution in [0.4, 0.5) is 15.8 Å². The van der Waals surface area contributed by atoms with Crippen molar-refractivity contribution >= 4 is 51.5 Å². The van der Waals surface area contributed by atoms with Gasteiger partial charge in [-0.1, -0.05) is 30.3 Å². The Balaban J connectivity index is 1.65. The molecule has 5 rings (SSSR count). The Bertz CT molecular complexity index is 1730. The van der Waals surface area contributed by atoms with Gasteiger partial charge in [0.1, 0.15) is 22.5 Å². The highest BCUT2D eigenvalue weighted by molar-refractivity contribution is 7.09. The van der Waals surface area contributed by atoms with Gasteiger partial charge >= 0.3 is 0 Å². The van der Waals surface area contributed by atoms with E-state index in [-0.39, 0.29) is 22.8 Å². The number of aromatic nitrogens is 2. The number of hydrogen-bond acceptors (Lipinski definition) is 7. The maximum Gasteiger partial charge on any atom is 0.273 e. The minimum absolute atomic E-state index is 0.0502. The minimum atomic E-state index is -1.20. The van der Waals surface area contributed by atoms with Crippen molar-refractivity contribution < 1.29 is 23.5 Å². The van der Waals surface area contributed by atoms with Crippen molar-refractivity contribution in [2.24, 2.45) is 5.73 Å². The number of para-hydroxylation sites is 1. The Morgan fingerprint density at radius 3 is 2.44 bits per heavy atom. The average Bonchev–Trinajstić information content (AvgIpc) is 3.59. The van der Waals surface area contributed by atoms with Crippen LogP contribution in [0.3, 0.4) is 0 Å². The number of benzene rings is 3. The number of nitrogen functional groups attached to an aromatic ring is 1. The molecule has 0 spiro atoms. The highest BCUT2D eigenvalue weighted by Crippen LogP contribution is 2.36.